The third kappa shape index (κ3) is 7.45. The van der Waals surface area contributed by atoms with Gasteiger partial charge in [-0.15, -0.1) is 0 Å². The quantitative estimate of drug-likeness (QED) is 0.180. The van der Waals surface area contributed by atoms with E-state index in [1.165, 1.54) is 30.6 Å². The van der Waals surface area contributed by atoms with Crippen molar-refractivity contribution in [3.63, 3.8) is 0 Å². The molecule has 3 aromatic carbocycles. The van der Waals surface area contributed by atoms with Crippen LogP contribution in [0, 0.1) is 0 Å². The number of benzene rings is 3. The lowest BCUT2D eigenvalue weighted by Gasteiger charge is -2.37. The maximum Gasteiger partial charge on any atom is 0.422 e. The Balaban J connectivity index is 1.05. The van der Waals surface area contributed by atoms with Gasteiger partial charge in [0, 0.05) is 48.9 Å². The van der Waals surface area contributed by atoms with E-state index < -0.39 is 28.7 Å². The highest BCUT2D eigenvalue weighted by atomic mass is 32.2. The van der Waals surface area contributed by atoms with Crippen LogP contribution in [0.1, 0.15) is 10.4 Å². The van der Waals surface area contributed by atoms with Crippen LogP contribution in [0.4, 0.5) is 24.7 Å². The number of H-pyrrole nitrogens is 1. The van der Waals surface area contributed by atoms with Crippen LogP contribution in [0.2, 0.25) is 0 Å². The molecule has 50 heavy (non-hydrogen) atoms. The molecule has 1 aliphatic rings. The minimum Gasteiger partial charge on any atom is -0.493 e. The van der Waals surface area contributed by atoms with Crippen molar-refractivity contribution >= 4 is 66.7 Å². The number of ether oxygens (including phenoxy) is 3. The standard InChI is InChI=1S/C32H30F3N7O6S2/c1-46-25-15-23-24(16-26(25)47-2)39-28-27(23)29(37-18-36-28)41-11-13-42(14-12-41)31(49)38-20-5-9-22(10-6-20)50(44,45)40-30(43)19-3-7-21(8-4-19)48-17-32(33,34)35/h3-10,15-16,18H,11-14,17H2,1-2H3,(H,38,49)(H,40,43)(H,36,37,39). The molecule has 3 N–H and O–H groups in total. The van der Waals surface area contributed by atoms with Crippen molar-refractivity contribution in [2.75, 3.05) is 57.2 Å². The molecule has 0 atom stereocenters. The van der Waals surface area contributed by atoms with Crippen molar-refractivity contribution in [2.24, 2.45) is 0 Å². The Morgan fingerprint density at radius 1 is 0.960 bits per heavy atom. The number of halogens is 3. The second-order valence-electron chi connectivity index (χ2n) is 11.1. The van der Waals surface area contributed by atoms with Crippen molar-refractivity contribution in [2.45, 2.75) is 11.1 Å². The lowest BCUT2D eigenvalue weighted by atomic mass is 10.1. The number of sulfonamides is 1. The molecular formula is C32H30F3N7O6S2. The van der Waals surface area contributed by atoms with Gasteiger partial charge in [-0.05, 0) is 66.8 Å². The molecule has 1 saturated heterocycles. The third-order valence-corrected chi connectivity index (χ3v) is 9.61. The molecule has 0 unspecified atom stereocenters. The van der Waals surface area contributed by atoms with Crippen LogP contribution >= 0.6 is 12.2 Å². The molecule has 0 aliphatic carbocycles. The fourth-order valence-electron chi connectivity index (χ4n) is 5.42. The molecule has 1 aliphatic heterocycles. The number of anilines is 2. The Morgan fingerprint density at radius 2 is 1.62 bits per heavy atom. The van der Waals surface area contributed by atoms with Crippen molar-refractivity contribution in [1.29, 1.82) is 0 Å². The van der Waals surface area contributed by atoms with Gasteiger partial charge in [0.2, 0.25) is 0 Å². The van der Waals surface area contributed by atoms with Gasteiger partial charge in [0.15, 0.2) is 23.2 Å². The maximum atomic E-state index is 12.9. The summed E-state index contributed by atoms with van der Waals surface area (Å²) in [6, 6.07) is 14.1. The van der Waals surface area contributed by atoms with Gasteiger partial charge in [0.1, 0.15) is 23.5 Å². The first-order chi connectivity index (χ1) is 23.8. The first-order valence-corrected chi connectivity index (χ1v) is 16.9. The number of nitrogens with zero attached hydrogens (tertiary/aromatic N) is 4. The molecule has 13 nitrogen and oxygen atoms in total. The molecule has 0 saturated carbocycles. The highest BCUT2D eigenvalue weighted by Crippen LogP contribution is 2.38. The number of aromatic amines is 1. The number of amides is 1. The summed E-state index contributed by atoms with van der Waals surface area (Å²) in [6.45, 7) is 0.920. The smallest absolute Gasteiger partial charge is 0.422 e. The lowest BCUT2D eigenvalue weighted by Crippen LogP contribution is -2.50. The molecule has 2 aromatic heterocycles. The number of carbonyl (C=O) groups is 1. The average molecular weight is 730 g/mol. The van der Waals surface area contributed by atoms with E-state index in [1.807, 2.05) is 21.8 Å². The number of hydrogen-bond donors (Lipinski definition) is 3. The third-order valence-electron chi connectivity index (χ3n) is 7.90. The number of aromatic nitrogens is 3. The van der Waals surface area contributed by atoms with E-state index >= 15 is 0 Å². The van der Waals surface area contributed by atoms with Crippen molar-refractivity contribution in [3.05, 3.63) is 72.6 Å². The predicted octanol–water partition coefficient (Wildman–Crippen LogP) is 4.71. The molecule has 0 radical (unpaired) electrons. The minimum absolute atomic E-state index is 0.0804. The molecule has 1 amide bonds. The zero-order valence-corrected chi connectivity index (χ0v) is 28.2. The highest BCUT2D eigenvalue weighted by molar-refractivity contribution is 7.90. The number of fused-ring (bicyclic) bond motifs is 3. The van der Waals surface area contributed by atoms with Crippen LogP contribution in [-0.4, -0.2) is 92.5 Å². The van der Waals surface area contributed by atoms with Gasteiger partial charge in [-0.2, -0.15) is 13.2 Å². The average Bonchev–Trinajstić information content (AvgIpc) is 3.47. The van der Waals surface area contributed by atoms with Crippen LogP contribution in [-0.2, 0) is 10.0 Å². The van der Waals surface area contributed by atoms with Crippen molar-refractivity contribution in [1.82, 2.24) is 24.6 Å². The van der Waals surface area contributed by atoms with E-state index in [2.05, 4.69) is 29.9 Å². The number of hydrogen-bond acceptors (Lipinski definition) is 10. The summed E-state index contributed by atoms with van der Waals surface area (Å²) in [4.78, 5) is 28.9. The summed E-state index contributed by atoms with van der Waals surface area (Å²) >= 11 is 5.65. The Morgan fingerprint density at radius 3 is 2.26 bits per heavy atom. The first-order valence-electron chi connectivity index (χ1n) is 15.0. The number of methoxy groups -OCH3 is 2. The molecule has 5 aromatic rings. The van der Waals surface area contributed by atoms with Crippen LogP contribution in [0.25, 0.3) is 21.9 Å². The van der Waals surface area contributed by atoms with Gasteiger partial charge >= 0.3 is 6.18 Å². The largest absolute Gasteiger partial charge is 0.493 e. The first kappa shape index (κ1) is 34.5. The molecule has 262 valence electrons. The van der Waals surface area contributed by atoms with E-state index in [-0.39, 0.29) is 16.2 Å². The van der Waals surface area contributed by atoms with Crippen LogP contribution < -0.4 is 29.1 Å². The lowest BCUT2D eigenvalue weighted by molar-refractivity contribution is -0.153. The second kappa shape index (κ2) is 13.9. The van der Waals surface area contributed by atoms with Crippen LogP contribution in [0.15, 0.2) is 71.9 Å². The zero-order valence-electron chi connectivity index (χ0n) is 26.6. The van der Waals surface area contributed by atoms with Crippen LogP contribution in [0.3, 0.4) is 0 Å². The Bertz CT molecular complexity index is 2150. The molecule has 1 fully saturated rings. The topological polar surface area (TPSA) is 151 Å². The molecular weight excluding hydrogens is 700 g/mol. The molecule has 6 rings (SSSR count). The van der Waals surface area contributed by atoms with E-state index in [0.717, 1.165) is 46.4 Å². The molecule has 18 heteroatoms. The van der Waals surface area contributed by atoms with E-state index in [0.29, 0.717) is 54.1 Å². The zero-order chi connectivity index (χ0) is 35.6. The molecule has 0 bridgehead atoms. The number of carbonyl (C=O) groups excluding carboxylic acids is 1. The van der Waals surface area contributed by atoms with Gasteiger partial charge in [-0.3, -0.25) is 4.79 Å². The summed E-state index contributed by atoms with van der Waals surface area (Å²) in [5.41, 5.74) is 1.99. The summed E-state index contributed by atoms with van der Waals surface area (Å²) in [7, 11) is -1.10. The molecule has 0 spiro atoms. The van der Waals surface area contributed by atoms with Crippen molar-refractivity contribution < 1.29 is 40.6 Å². The SMILES string of the molecule is COc1cc2[nH]c3ncnc(N4CCN(C(=S)Nc5ccc(S(=O)(=O)NC(=O)c6ccc(OCC(F)(F)F)cc6)cc5)CC4)c3c2cc1OC. The summed E-state index contributed by atoms with van der Waals surface area (Å²) in [5, 5.41) is 5.36. The fraction of sp³-hybridized carbons (Fsp3) is 0.250. The maximum absolute atomic E-state index is 12.9. The van der Waals surface area contributed by atoms with Crippen molar-refractivity contribution in [3.8, 4) is 17.2 Å². The van der Waals surface area contributed by atoms with Gasteiger partial charge < -0.3 is 34.3 Å². The number of alkyl halides is 3. The predicted molar refractivity (Wildman–Crippen MR) is 184 cm³/mol. The number of rotatable bonds is 9. The van der Waals surface area contributed by atoms with E-state index in [9.17, 15) is 26.4 Å². The number of piperazine rings is 1. The minimum atomic E-state index is -4.52. The summed E-state index contributed by atoms with van der Waals surface area (Å²) < 4.78 is 80.3. The molecule has 3 heterocycles. The van der Waals surface area contributed by atoms with Gasteiger partial charge in [0.05, 0.1) is 30.0 Å². The van der Waals surface area contributed by atoms with Gasteiger partial charge in [-0.25, -0.2) is 23.1 Å². The Kier molecular flexibility index (Phi) is 9.57. The summed E-state index contributed by atoms with van der Waals surface area (Å²) in [5.74, 6) is 0.898. The Labute approximate surface area is 289 Å². The van der Waals surface area contributed by atoms with Gasteiger partial charge in [-0.1, -0.05) is 0 Å². The highest BCUT2D eigenvalue weighted by Gasteiger charge is 2.29. The second-order valence-corrected chi connectivity index (χ2v) is 13.2. The van der Waals surface area contributed by atoms with Gasteiger partial charge in [0.25, 0.3) is 15.9 Å². The van der Waals surface area contributed by atoms with E-state index in [4.69, 9.17) is 21.7 Å². The summed E-state index contributed by atoms with van der Waals surface area (Å²) in [6.07, 6.45) is -3.00. The fourth-order valence-corrected chi connectivity index (χ4v) is 6.70. The van der Waals surface area contributed by atoms with E-state index in [1.54, 1.807) is 14.2 Å². The monoisotopic (exact) mass is 729 g/mol. The Hall–Kier alpha value is -5.36. The number of nitrogens with one attached hydrogen (secondary N) is 3. The normalized spacial score (nSPS) is 13.7. The van der Waals surface area contributed by atoms with Crippen LogP contribution in [0.5, 0.6) is 17.2 Å². The number of thiocarbonyl (C=S) groups is 1.